The molecule has 0 atom stereocenters. The van der Waals surface area contributed by atoms with Crippen LogP contribution in [0.4, 0.5) is 0 Å². The van der Waals surface area contributed by atoms with Crippen molar-refractivity contribution >= 4 is 94.6 Å². The summed E-state index contributed by atoms with van der Waals surface area (Å²) in [6, 6.07) is 105. The first-order chi connectivity index (χ1) is 41.3. The fourth-order valence-corrected chi connectivity index (χ4v) is 12.3. The smallest absolute Gasteiger partial charge is 1.00 e. The molecule has 86 heavy (non-hydrogen) atoms. The van der Waals surface area contributed by atoms with Gasteiger partial charge in [-0.15, -0.1) is 138 Å². The number of aryl methyl sites for hydroxylation is 4. The fraction of sp³-hybridized carbons (Fsp3) is 0.0488. The summed E-state index contributed by atoms with van der Waals surface area (Å²) in [7, 11) is 0. The third-order valence-corrected chi connectivity index (χ3v) is 15.9. The summed E-state index contributed by atoms with van der Waals surface area (Å²) in [5.41, 5.74) is 15.9. The largest absolute Gasteiger partial charge is 1.00 e. The van der Waals surface area contributed by atoms with Crippen LogP contribution in [0.2, 0.25) is 0 Å². The summed E-state index contributed by atoms with van der Waals surface area (Å²) in [4.78, 5) is 0. The molecular weight excluding hydrogens is 1240 g/mol. The van der Waals surface area contributed by atoms with Crippen LogP contribution >= 0.6 is 0 Å². The molecule has 0 saturated heterocycles. The molecule has 0 heterocycles. The van der Waals surface area contributed by atoms with Gasteiger partial charge in [-0.1, -0.05) is 244 Å². The molecule has 0 aliphatic heterocycles. The minimum absolute atomic E-state index is 0. The van der Waals surface area contributed by atoms with Gasteiger partial charge in [0.25, 0.3) is 0 Å². The number of halogens is 2. The second-order valence-corrected chi connectivity index (χ2v) is 21.5. The van der Waals surface area contributed by atoms with Crippen molar-refractivity contribution in [3.63, 3.8) is 0 Å². The van der Waals surface area contributed by atoms with Crippen LogP contribution in [0, 0.1) is 27.7 Å². The Labute approximate surface area is 548 Å². The monoisotopic (exact) mass is 1300 g/mol. The second-order valence-electron chi connectivity index (χ2n) is 21.5. The van der Waals surface area contributed by atoms with E-state index in [-0.39, 0.29) is 24.8 Å². The summed E-state index contributed by atoms with van der Waals surface area (Å²) in [5, 5.41) is 21.2. The Morgan fingerprint density at radius 3 is 0.581 bits per heavy atom. The molecule has 0 unspecified atom stereocenters. The zero-order valence-corrected chi connectivity index (χ0v) is 55.3. The summed E-state index contributed by atoms with van der Waals surface area (Å²) in [5.74, 6) is 0. The van der Waals surface area contributed by atoms with Gasteiger partial charge in [-0.05, 0) is 65.3 Å². The summed E-state index contributed by atoms with van der Waals surface area (Å²) in [6.07, 6.45) is 0. The van der Waals surface area contributed by atoms with Gasteiger partial charge in [0, 0.05) is 0 Å². The Kier molecular flexibility index (Phi) is 21.2. The first-order valence-corrected chi connectivity index (χ1v) is 32.1. The Morgan fingerprint density at radius 1 is 0.209 bits per heavy atom. The van der Waals surface area contributed by atoms with E-state index in [4.69, 9.17) is 0 Å². The van der Waals surface area contributed by atoms with Crippen molar-refractivity contribution < 1.29 is 73.3 Å². The van der Waals surface area contributed by atoms with E-state index >= 15 is 0 Å². The van der Waals surface area contributed by atoms with Crippen LogP contribution in [0.25, 0.3) is 131 Å². The van der Waals surface area contributed by atoms with Gasteiger partial charge in [-0.2, -0.15) is 24.3 Å². The van der Waals surface area contributed by atoms with Crippen molar-refractivity contribution in [3.05, 3.63) is 313 Å². The third-order valence-electron chi connectivity index (χ3n) is 15.9. The van der Waals surface area contributed by atoms with Gasteiger partial charge in [0.15, 0.2) is 0 Å². The van der Waals surface area contributed by atoms with Crippen LogP contribution in [-0.2, 0) is 48.5 Å². The Balaban J connectivity index is 0.000000133. The molecule has 0 aromatic heterocycles. The third kappa shape index (κ3) is 13.3. The average molecular weight is 1300 g/mol. The predicted octanol–water partition coefficient (Wildman–Crippen LogP) is 16.7. The van der Waals surface area contributed by atoms with Gasteiger partial charge in [0.1, 0.15) is 0 Å². The van der Waals surface area contributed by atoms with Crippen molar-refractivity contribution in [1.82, 2.24) is 0 Å². The van der Waals surface area contributed by atoms with E-state index in [0.29, 0.717) is 0 Å². The Hall–Kier alpha value is -7.79. The minimum atomic E-state index is 0. The average Bonchev–Trinajstić information content (AvgIpc) is 3.75. The maximum Gasteiger partial charge on any atom is -1.00 e. The molecule has 0 spiro atoms. The van der Waals surface area contributed by atoms with Crippen LogP contribution in [0.1, 0.15) is 22.3 Å². The molecule has 0 amide bonds. The van der Waals surface area contributed by atoms with E-state index in [9.17, 15) is 0 Å². The molecule has 0 nitrogen and oxygen atoms in total. The first kappa shape index (κ1) is 62.7. The summed E-state index contributed by atoms with van der Waals surface area (Å²) in [6.45, 7) is 8.64. The molecule has 416 valence electrons. The molecular formula is C82H64Cl2Zr2-2. The topological polar surface area (TPSA) is 0 Å². The molecule has 0 aliphatic rings. The standard InChI is InChI=1S/4C20H15.2CH2.2ClH.2Zr/c4*1-14-12-16-8-5-11-19(20(16)13-14)18-10-4-7-15-6-2-3-9-17(15)18;;;;;;/h4*2-13H,1H3;2*1H2;2*1H;;/q4*-1;;;;;2*+2/p-2. The van der Waals surface area contributed by atoms with Crippen molar-refractivity contribution in [2.45, 2.75) is 27.7 Å². The Bertz CT molecular complexity index is 4300. The quantitative estimate of drug-likeness (QED) is 0.154. The van der Waals surface area contributed by atoms with Crippen molar-refractivity contribution in [1.29, 1.82) is 0 Å². The number of rotatable bonds is 4. The fourth-order valence-electron chi connectivity index (χ4n) is 12.3. The van der Waals surface area contributed by atoms with E-state index in [1.807, 2.05) is 0 Å². The van der Waals surface area contributed by atoms with Gasteiger partial charge in [-0.25, -0.2) is 0 Å². The molecule has 4 heteroatoms. The molecule has 0 bridgehead atoms. The number of hydrogen-bond donors (Lipinski definition) is 0. The van der Waals surface area contributed by atoms with Gasteiger partial charge >= 0.3 is 56.9 Å². The summed E-state index contributed by atoms with van der Waals surface area (Å²) >= 11 is 2.60. The molecule has 0 fully saturated rings. The van der Waals surface area contributed by atoms with E-state index in [0.717, 1.165) is 0 Å². The van der Waals surface area contributed by atoms with Gasteiger partial charge in [0.2, 0.25) is 0 Å². The first-order valence-electron chi connectivity index (χ1n) is 28.6. The van der Waals surface area contributed by atoms with E-state index in [1.54, 1.807) is 0 Å². The molecule has 0 N–H and O–H groups in total. The second kappa shape index (κ2) is 29.1. The zero-order valence-electron chi connectivity index (χ0n) is 48.9. The van der Waals surface area contributed by atoms with Crippen LogP contribution in [0.15, 0.2) is 291 Å². The minimum Gasteiger partial charge on any atom is -1.00 e. The molecule has 16 rings (SSSR count). The van der Waals surface area contributed by atoms with Crippen LogP contribution in [0.5, 0.6) is 0 Å². The van der Waals surface area contributed by atoms with E-state index in [2.05, 4.69) is 327 Å². The van der Waals surface area contributed by atoms with Crippen LogP contribution in [-0.4, -0.2) is 8.42 Å². The van der Waals surface area contributed by atoms with Crippen molar-refractivity contribution in [2.24, 2.45) is 0 Å². The van der Waals surface area contributed by atoms with Gasteiger partial charge in [-0.3, -0.25) is 0 Å². The molecule has 16 aromatic carbocycles. The number of fused-ring (bicyclic) bond motifs is 8. The van der Waals surface area contributed by atoms with Gasteiger partial charge < -0.3 is 24.8 Å². The van der Waals surface area contributed by atoms with E-state index in [1.165, 1.54) is 201 Å². The maximum absolute atomic E-state index is 3.34. The van der Waals surface area contributed by atoms with Crippen LogP contribution < -0.4 is 24.8 Å². The van der Waals surface area contributed by atoms with Crippen molar-refractivity contribution in [2.75, 3.05) is 0 Å². The van der Waals surface area contributed by atoms with Crippen molar-refractivity contribution in [3.8, 4) is 44.5 Å². The number of benzene rings is 12. The van der Waals surface area contributed by atoms with Gasteiger partial charge in [0.05, 0.1) is 0 Å². The predicted molar refractivity (Wildman–Crippen MR) is 363 cm³/mol. The SMILES string of the molecule is Cc1cc2c(-c3cccc4ccccc34)cccc2[cH-]1.Cc1cc2c(-c3cccc4ccccc34)cccc2[cH-]1.Cc1cc2c(-c3cccc4ccccc34)cccc2[cH-]1.Cc1cc2c(-c3cccc4ccccc34)cccc2[cH-]1.[CH2]=[Zr+2].[CH2]=[Zr+2].[Cl-].[Cl-]. The molecule has 16 aromatic rings. The Morgan fingerprint density at radius 2 is 0.372 bits per heavy atom. The molecule has 0 aliphatic carbocycles. The van der Waals surface area contributed by atoms with E-state index < -0.39 is 0 Å². The number of hydrogen-bond acceptors (Lipinski definition) is 0. The molecule has 0 saturated carbocycles. The summed E-state index contributed by atoms with van der Waals surface area (Å²) < 4.78 is 6.68. The molecule has 0 radical (unpaired) electrons. The maximum atomic E-state index is 3.34. The van der Waals surface area contributed by atoms with Crippen LogP contribution in [0.3, 0.4) is 0 Å². The normalized spacial score (nSPS) is 10.6. The zero-order chi connectivity index (χ0) is 58.1.